The van der Waals surface area contributed by atoms with E-state index < -0.39 is 0 Å². The summed E-state index contributed by atoms with van der Waals surface area (Å²) in [7, 11) is 1.64. The average Bonchev–Trinajstić information content (AvgIpc) is 2.34. The zero-order chi connectivity index (χ0) is 12.5. The summed E-state index contributed by atoms with van der Waals surface area (Å²) < 4.78 is 22.8. The molecule has 0 saturated heterocycles. The highest BCUT2D eigenvalue weighted by molar-refractivity contribution is 5.96. The molecule has 0 unspecified atom stereocenters. The highest BCUT2D eigenvalue weighted by Gasteiger charge is 2.05. The first-order chi connectivity index (χ1) is 8.24. The molecule has 0 aliphatic heterocycles. The normalized spacial score (nSPS) is 10.5. The van der Waals surface area contributed by atoms with Crippen LogP contribution in [0.15, 0.2) is 24.3 Å². The summed E-state index contributed by atoms with van der Waals surface area (Å²) in [6, 6.07) is 5.55. The zero-order valence-corrected chi connectivity index (χ0v) is 9.95. The Morgan fingerprint density at radius 2 is 1.88 bits per heavy atom. The highest BCUT2D eigenvalue weighted by atomic mass is 19.1. The number of methoxy groups -OCH3 is 1. The Morgan fingerprint density at radius 3 is 2.53 bits per heavy atom. The molecule has 0 spiro atoms. The van der Waals surface area contributed by atoms with Crippen LogP contribution in [0.3, 0.4) is 0 Å². The van der Waals surface area contributed by atoms with E-state index in [0.29, 0.717) is 31.8 Å². The third-order valence-electron chi connectivity index (χ3n) is 2.28. The molecule has 0 aromatic heterocycles. The van der Waals surface area contributed by atoms with Gasteiger partial charge in [-0.1, -0.05) is 0 Å². The fourth-order valence-corrected chi connectivity index (χ4v) is 1.35. The van der Waals surface area contributed by atoms with Crippen LogP contribution in [0.2, 0.25) is 0 Å². The van der Waals surface area contributed by atoms with Crippen LogP contribution in [0.5, 0.6) is 0 Å². The SMILES string of the molecule is COCCCOCCC(=O)c1ccc(F)cc1. The third-order valence-corrected chi connectivity index (χ3v) is 2.28. The lowest BCUT2D eigenvalue weighted by molar-refractivity contribution is 0.0820. The Balaban J connectivity index is 2.19. The minimum Gasteiger partial charge on any atom is -0.385 e. The van der Waals surface area contributed by atoms with E-state index in [9.17, 15) is 9.18 Å². The molecule has 17 heavy (non-hydrogen) atoms. The van der Waals surface area contributed by atoms with Gasteiger partial charge < -0.3 is 9.47 Å². The van der Waals surface area contributed by atoms with E-state index in [0.717, 1.165) is 6.42 Å². The Kier molecular flexibility index (Phi) is 6.43. The van der Waals surface area contributed by atoms with Crippen LogP contribution in [0.4, 0.5) is 4.39 Å². The second-order valence-electron chi connectivity index (χ2n) is 3.64. The number of carbonyl (C=O) groups is 1. The topological polar surface area (TPSA) is 35.5 Å². The van der Waals surface area contributed by atoms with Crippen LogP contribution < -0.4 is 0 Å². The first kappa shape index (κ1) is 13.8. The lowest BCUT2D eigenvalue weighted by atomic mass is 10.1. The molecule has 0 aliphatic carbocycles. The van der Waals surface area contributed by atoms with Crippen LogP contribution in [0, 0.1) is 5.82 Å². The number of rotatable bonds is 8. The third kappa shape index (κ3) is 5.56. The van der Waals surface area contributed by atoms with Gasteiger partial charge in [-0.2, -0.15) is 0 Å². The van der Waals surface area contributed by atoms with Crippen molar-refractivity contribution in [2.75, 3.05) is 26.9 Å². The van der Waals surface area contributed by atoms with Gasteiger partial charge in [-0.3, -0.25) is 4.79 Å². The number of halogens is 1. The quantitative estimate of drug-likeness (QED) is 0.517. The van der Waals surface area contributed by atoms with Crippen LogP contribution in [-0.4, -0.2) is 32.7 Å². The summed E-state index contributed by atoms with van der Waals surface area (Å²) in [4.78, 5) is 11.6. The molecule has 0 bridgehead atoms. The number of carbonyl (C=O) groups excluding carboxylic acids is 1. The molecule has 0 radical (unpaired) electrons. The molecular weight excluding hydrogens is 223 g/mol. The molecule has 1 rings (SSSR count). The van der Waals surface area contributed by atoms with Crippen molar-refractivity contribution in [3.05, 3.63) is 35.6 Å². The summed E-state index contributed by atoms with van der Waals surface area (Å²) in [5.41, 5.74) is 0.520. The number of Topliss-reactive ketones (excluding diaryl/α,β-unsaturated/α-hetero) is 1. The minimum atomic E-state index is -0.336. The molecule has 0 fully saturated rings. The summed E-state index contributed by atoms with van der Waals surface area (Å²) in [5.74, 6) is -0.367. The molecule has 94 valence electrons. The molecule has 0 atom stereocenters. The standard InChI is InChI=1S/C13H17FO3/c1-16-8-2-9-17-10-7-13(15)11-3-5-12(14)6-4-11/h3-6H,2,7-10H2,1H3. The van der Waals surface area contributed by atoms with Crippen LogP contribution in [-0.2, 0) is 9.47 Å². The van der Waals surface area contributed by atoms with Crippen LogP contribution >= 0.6 is 0 Å². The van der Waals surface area contributed by atoms with E-state index in [1.165, 1.54) is 24.3 Å². The smallest absolute Gasteiger partial charge is 0.165 e. The van der Waals surface area contributed by atoms with E-state index in [2.05, 4.69) is 0 Å². The predicted molar refractivity (Wildman–Crippen MR) is 62.7 cm³/mol. The molecule has 1 aromatic carbocycles. The van der Waals surface area contributed by atoms with E-state index in [1.807, 2.05) is 0 Å². The fraction of sp³-hybridized carbons (Fsp3) is 0.462. The Bertz CT molecular complexity index is 335. The summed E-state index contributed by atoms with van der Waals surface area (Å²) in [6.07, 6.45) is 1.14. The molecule has 0 N–H and O–H groups in total. The molecule has 4 heteroatoms. The summed E-state index contributed by atoms with van der Waals surface area (Å²) >= 11 is 0. The van der Waals surface area contributed by atoms with E-state index in [1.54, 1.807) is 7.11 Å². The highest BCUT2D eigenvalue weighted by Crippen LogP contribution is 2.05. The minimum absolute atomic E-state index is 0.0308. The van der Waals surface area contributed by atoms with Gasteiger partial charge in [0.25, 0.3) is 0 Å². The first-order valence-electron chi connectivity index (χ1n) is 5.59. The largest absolute Gasteiger partial charge is 0.385 e. The molecular formula is C13H17FO3. The number of benzene rings is 1. The second-order valence-corrected chi connectivity index (χ2v) is 3.64. The monoisotopic (exact) mass is 240 g/mol. The van der Waals surface area contributed by atoms with E-state index in [-0.39, 0.29) is 11.6 Å². The van der Waals surface area contributed by atoms with Crippen molar-refractivity contribution >= 4 is 5.78 Å². The van der Waals surface area contributed by atoms with Crippen molar-refractivity contribution in [1.29, 1.82) is 0 Å². The maximum atomic E-state index is 12.6. The predicted octanol–water partition coefficient (Wildman–Crippen LogP) is 2.45. The van der Waals surface area contributed by atoms with E-state index >= 15 is 0 Å². The van der Waals surface area contributed by atoms with Gasteiger partial charge in [0.05, 0.1) is 6.61 Å². The molecule has 0 heterocycles. The lowest BCUT2D eigenvalue weighted by Gasteiger charge is -2.03. The Labute approximate surface area is 101 Å². The summed E-state index contributed by atoms with van der Waals surface area (Å²) in [6.45, 7) is 1.64. The van der Waals surface area contributed by atoms with Crippen molar-refractivity contribution in [2.24, 2.45) is 0 Å². The molecule has 0 amide bonds. The van der Waals surface area contributed by atoms with Gasteiger partial charge >= 0.3 is 0 Å². The van der Waals surface area contributed by atoms with Gasteiger partial charge in [0, 0.05) is 32.3 Å². The fourth-order valence-electron chi connectivity index (χ4n) is 1.35. The van der Waals surface area contributed by atoms with Crippen molar-refractivity contribution in [3.63, 3.8) is 0 Å². The van der Waals surface area contributed by atoms with Crippen molar-refractivity contribution < 1.29 is 18.7 Å². The second kappa shape index (κ2) is 7.92. The lowest BCUT2D eigenvalue weighted by Crippen LogP contribution is -2.06. The number of hydrogen-bond acceptors (Lipinski definition) is 3. The Hall–Kier alpha value is -1.26. The molecule has 3 nitrogen and oxygen atoms in total. The number of ketones is 1. The number of ether oxygens (including phenoxy) is 2. The molecule has 1 aromatic rings. The average molecular weight is 240 g/mol. The summed E-state index contributed by atoms with van der Waals surface area (Å²) in [5, 5.41) is 0. The van der Waals surface area contributed by atoms with Crippen molar-refractivity contribution in [2.45, 2.75) is 12.8 Å². The molecule has 0 saturated carbocycles. The molecule has 0 aliphatic rings. The van der Waals surface area contributed by atoms with Gasteiger partial charge in [-0.15, -0.1) is 0 Å². The van der Waals surface area contributed by atoms with E-state index in [4.69, 9.17) is 9.47 Å². The van der Waals surface area contributed by atoms with Crippen LogP contribution in [0.1, 0.15) is 23.2 Å². The number of hydrogen-bond donors (Lipinski definition) is 0. The first-order valence-corrected chi connectivity index (χ1v) is 5.59. The van der Waals surface area contributed by atoms with Crippen LogP contribution in [0.25, 0.3) is 0 Å². The van der Waals surface area contributed by atoms with Gasteiger partial charge in [-0.05, 0) is 30.7 Å². The van der Waals surface area contributed by atoms with Gasteiger partial charge in [0.1, 0.15) is 5.82 Å². The van der Waals surface area contributed by atoms with Crippen molar-refractivity contribution in [1.82, 2.24) is 0 Å². The maximum Gasteiger partial charge on any atom is 0.165 e. The zero-order valence-electron chi connectivity index (χ0n) is 9.95. The maximum absolute atomic E-state index is 12.6. The van der Waals surface area contributed by atoms with Crippen molar-refractivity contribution in [3.8, 4) is 0 Å². The van der Waals surface area contributed by atoms with Gasteiger partial charge in [0.15, 0.2) is 5.78 Å². The van der Waals surface area contributed by atoms with Gasteiger partial charge in [0.2, 0.25) is 0 Å². The Morgan fingerprint density at radius 1 is 1.18 bits per heavy atom. The van der Waals surface area contributed by atoms with Gasteiger partial charge in [-0.25, -0.2) is 4.39 Å².